The van der Waals surface area contributed by atoms with E-state index in [0.29, 0.717) is 11.3 Å². The molecule has 5 heteroatoms. The first-order chi connectivity index (χ1) is 9.47. The second-order valence-electron chi connectivity index (χ2n) is 6.72. The van der Waals surface area contributed by atoms with Crippen LogP contribution < -0.4 is 16.2 Å². The minimum atomic E-state index is 0.349. The van der Waals surface area contributed by atoms with E-state index in [4.69, 9.17) is 5.84 Å². The van der Waals surface area contributed by atoms with Crippen molar-refractivity contribution in [1.29, 1.82) is 0 Å². The van der Waals surface area contributed by atoms with Crippen LogP contribution in [0.15, 0.2) is 6.33 Å². The van der Waals surface area contributed by atoms with Gasteiger partial charge in [0.15, 0.2) is 0 Å². The number of rotatable bonds is 4. The van der Waals surface area contributed by atoms with Gasteiger partial charge in [0.25, 0.3) is 0 Å². The number of nitrogens with zero attached hydrogens (tertiary/aromatic N) is 3. The smallest absolute Gasteiger partial charge is 0.148 e. The van der Waals surface area contributed by atoms with Gasteiger partial charge in [-0.25, -0.2) is 15.8 Å². The lowest BCUT2D eigenvalue weighted by atomic mass is 9.80. The predicted octanol–water partition coefficient (Wildman–Crippen LogP) is 2.59. The first-order valence-corrected chi connectivity index (χ1v) is 7.52. The van der Waals surface area contributed by atoms with Crippen LogP contribution in [0.3, 0.4) is 0 Å². The maximum Gasteiger partial charge on any atom is 0.148 e. The molecule has 0 aromatic carbocycles. The summed E-state index contributed by atoms with van der Waals surface area (Å²) in [5, 5.41) is 0. The molecule has 3 N–H and O–H groups in total. The van der Waals surface area contributed by atoms with Gasteiger partial charge in [-0.3, -0.25) is 0 Å². The molecule has 0 bridgehead atoms. The molecule has 0 aliphatic carbocycles. The summed E-state index contributed by atoms with van der Waals surface area (Å²) in [6, 6.07) is 0. The second-order valence-corrected chi connectivity index (χ2v) is 6.72. The van der Waals surface area contributed by atoms with Gasteiger partial charge < -0.3 is 10.3 Å². The highest BCUT2D eigenvalue weighted by Crippen LogP contribution is 2.36. The molecule has 1 unspecified atom stereocenters. The summed E-state index contributed by atoms with van der Waals surface area (Å²) in [6.07, 6.45) is 4.84. The molecule has 20 heavy (non-hydrogen) atoms. The summed E-state index contributed by atoms with van der Waals surface area (Å²) in [4.78, 5) is 11.2. The van der Waals surface area contributed by atoms with E-state index >= 15 is 0 Å². The van der Waals surface area contributed by atoms with Gasteiger partial charge in [-0.15, -0.1) is 0 Å². The predicted molar refractivity (Wildman–Crippen MR) is 83.6 cm³/mol. The van der Waals surface area contributed by atoms with Crippen molar-refractivity contribution in [1.82, 2.24) is 9.97 Å². The molecule has 0 amide bonds. The summed E-state index contributed by atoms with van der Waals surface area (Å²) >= 11 is 0. The average Bonchev–Trinajstić information content (AvgIpc) is 2.88. The number of nitrogen functional groups attached to an aromatic ring is 1. The van der Waals surface area contributed by atoms with Crippen LogP contribution in [0.1, 0.15) is 46.1 Å². The zero-order chi connectivity index (χ0) is 14.8. The van der Waals surface area contributed by atoms with E-state index in [9.17, 15) is 0 Å². The molecule has 112 valence electrons. The van der Waals surface area contributed by atoms with E-state index in [-0.39, 0.29) is 0 Å². The van der Waals surface area contributed by atoms with Gasteiger partial charge in [-0.2, -0.15) is 0 Å². The molecule has 1 aliphatic heterocycles. The quantitative estimate of drug-likeness (QED) is 0.654. The van der Waals surface area contributed by atoms with E-state index in [1.807, 2.05) is 0 Å². The molecule has 0 saturated carbocycles. The Kier molecular flexibility index (Phi) is 4.48. The molecule has 2 rings (SSSR count). The molecular weight excluding hydrogens is 250 g/mol. The largest absolute Gasteiger partial charge is 0.356 e. The minimum Gasteiger partial charge on any atom is -0.356 e. The SMILES string of the molecule is CCCc1c(NN)ncnc1N1CCC(C(C)(C)C)C1. The van der Waals surface area contributed by atoms with Crippen molar-refractivity contribution in [3.63, 3.8) is 0 Å². The molecule has 1 saturated heterocycles. The number of nitrogens with one attached hydrogen (secondary N) is 1. The van der Waals surface area contributed by atoms with Crippen molar-refractivity contribution in [2.24, 2.45) is 17.2 Å². The van der Waals surface area contributed by atoms with Crippen LogP contribution in [0, 0.1) is 11.3 Å². The highest BCUT2D eigenvalue weighted by atomic mass is 15.3. The number of hydrogen-bond acceptors (Lipinski definition) is 5. The Morgan fingerprint density at radius 3 is 2.70 bits per heavy atom. The number of anilines is 2. The third-order valence-electron chi connectivity index (χ3n) is 4.27. The van der Waals surface area contributed by atoms with Gasteiger partial charge >= 0.3 is 0 Å². The monoisotopic (exact) mass is 277 g/mol. The van der Waals surface area contributed by atoms with Crippen LogP contribution >= 0.6 is 0 Å². The Hall–Kier alpha value is -1.36. The van der Waals surface area contributed by atoms with Gasteiger partial charge in [0.05, 0.1) is 0 Å². The fourth-order valence-electron chi connectivity index (χ4n) is 2.94. The van der Waals surface area contributed by atoms with Crippen LogP contribution in [0.4, 0.5) is 11.6 Å². The van der Waals surface area contributed by atoms with E-state index in [0.717, 1.165) is 43.1 Å². The second kappa shape index (κ2) is 5.95. The number of aromatic nitrogens is 2. The van der Waals surface area contributed by atoms with Gasteiger partial charge in [0.2, 0.25) is 0 Å². The lowest BCUT2D eigenvalue weighted by Gasteiger charge is -2.28. The van der Waals surface area contributed by atoms with Crippen molar-refractivity contribution in [2.45, 2.75) is 47.0 Å². The maximum atomic E-state index is 5.59. The van der Waals surface area contributed by atoms with Crippen LogP contribution in [0.25, 0.3) is 0 Å². The highest BCUT2D eigenvalue weighted by Gasteiger charge is 2.33. The zero-order valence-corrected chi connectivity index (χ0v) is 13.1. The first-order valence-electron chi connectivity index (χ1n) is 7.52. The number of hydrogen-bond donors (Lipinski definition) is 2. The normalized spacial score (nSPS) is 19.4. The summed E-state index contributed by atoms with van der Waals surface area (Å²) in [5.74, 6) is 8.11. The average molecular weight is 277 g/mol. The van der Waals surface area contributed by atoms with Gasteiger partial charge in [-0.1, -0.05) is 34.1 Å². The molecule has 0 radical (unpaired) electrons. The number of nitrogens with two attached hydrogens (primary N) is 1. The van der Waals surface area contributed by atoms with E-state index in [2.05, 4.69) is 48.0 Å². The van der Waals surface area contributed by atoms with Crippen molar-refractivity contribution in [3.8, 4) is 0 Å². The van der Waals surface area contributed by atoms with Gasteiger partial charge in [0, 0.05) is 18.7 Å². The summed E-state index contributed by atoms with van der Waals surface area (Å²) in [6.45, 7) is 11.3. The highest BCUT2D eigenvalue weighted by molar-refractivity contribution is 5.58. The standard InChI is InChI=1S/C15H27N5/c1-5-6-12-13(19-16)17-10-18-14(12)20-8-7-11(9-20)15(2,3)4/h10-11H,5-9,16H2,1-4H3,(H,17,18,19). The fourth-order valence-corrected chi connectivity index (χ4v) is 2.94. The first kappa shape index (κ1) is 15.0. The van der Waals surface area contributed by atoms with E-state index < -0.39 is 0 Å². The topological polar surface area (TPSA) is 67.1 Å². The van der Waals surface area contributed by atoms with Crippen molar-refractivity contribution < 1.29 is 0 Å². The van der Waals surface area contributed by atoms with Crippen LogP contribution in [0.5, 0.6) is 0 Å². The van der Waals surface area contributed by atoms with E-state index in [1.54, 1.807) is 6.33 Å². The lowest BCUT2D eigenvalue weighted by Crippen LogP contribution is -2.27. The van der Waals surface area contributed by atoms with Crippen molar-refractivity contribution >= 4 is 11.6 Å². The minimum absolute atomic E-state index is 0.349. The Labute approximate surface area is 121 Å². The van der Waals surface area contributed by atoms with Gasteiger partial charge in [0.1, 0.15) is 18.0 Å². The Morgan fingerprint density at radius 2 is 2.15 bits per heavy atom. The zero-order valence-electron chi connectivity index (χ0n) is 13.1. The molecule has 1 aromatic rings. The van der Waals surface area contributed by atoms with Crippen LogP contribution in [-0.2, 0) is 6.42 Å². The molecule has 1 aromatic heterocycles. The lowest BCUT2D eigenvalue weighted by molar-refractivity contribution is 0.263. The molecular formula is C15H27N5. The molecule has 0 spiro atoms. The summed E-state index contributed by atoms with van der Waals surface area (Å²) < 4.78 is 0. The number of hydrazine groups is 1. The summed E-state index contributed by atoms with van der Waals surface area (Å²) in [5.41, 5.74) is 4.20. The maximum absolute atomic E-state index is 5.59. The summed E-state index contributed by atoms with van der Waals surface area (Å²) in [7, 11) is 0. The molecule has 1 atom stereocenters. The Morgan fingerprint density at radius 1 is 1.40 bits per heavy atom. The van der Waals surface area contributed by atoms with Crippen LogP contribution in [0.2, 0.25) is 0 Å². The molecule has 1 fully saturated rings. The molecule has 2 heterocycles. The van der Waals surface area contributed by atoms with Crippen molar-refractivity contribution in [2.75, 3.05) is 23.4 Å². The third-order valence-corrected chi connectivity index (χ3v) is 4.27. The van der Waals surface area contributed by atoms with Gasteiger partial charge in [-0.05, 0) is 24.2 Å². The van der Waals surface area contributed by atoms with E-state index in [1.165, 1.54) is 6.42 Å². The van der Waals surface area contributed by atoms with Crippen LogP contribution in [-0.4, -0.2) is 23.1 Å². The third kappa shape index (κ3) is 3.03. The molecule has 1 aliphatic rings. The fraction of sp³-hybridized carbons (Fsp3) is 0.733. The Bertz CT molecular complexity index is 452. The van der Waals surface area contributed by atoms with Crippen molar-refractivity contribution in [3.05, 3.63) is 11.9 Å². The molecule has 5 nitrogen and oxygen atoms in total. The Balaban J connectivity index is 2.25.